The fraction of sp³-hybridized carbons (Fsp3) is 0.269. The third-order valence-corrected chi connectivity index (χ3v) is 5.92. The molecule has 3 amide bonds. The van der Waals surface area contributed by atoms with Gasteiger partial charge in [-0.25, -0.2) is 4.39 Å². The van der Waals surface area contributed by atoms with E-state index in [9.17, 15) is 18.8 Å². The summed E-state index contributed by atoms with van der Waals surface area (Å²) in [6.45, 7) is 4.41. The van der Waals surface area contributed by atoms with Crippen LogP contribution in [0.2, 0.25) is 0 Å². The number of piperazine rings is 1. The Balaban J connectivity index is 1.34. The monoisotopic (exact) mass is 493 g/mol. The van der Waals surface area contributed by atoms with Gasteiger partial charge in [-0.05, 0) is 54.6 Å². The smallest absolute Gasteiger partial charge is 0.313 e. The van der Waals surface area contributed by atoms with Gasteiger partial charge in [0.05, 0.1) is 12.3 Å². The predicted octanol–water partition coefficient (Wildman–Crippen LogP) is 3.00. The molecular formula is C26H28FN5O4. The summed E-state index contributed by atoms with van der Waals surface area (Å²) in [6.07, 6.45) is 1.58. The van der Waals surface area contributed by atoms with Crippen LogP contribution in [0.15, 0.2) is 71.3 Å². The molecule has 0 radical (unpaired) electrons. The van der Waals surface area contributed by atoms with Crippen molar-refractivity contribution in [1.82, 2.24) is 10.2 Å². The number of amides is 3. The molecule has 9 nitrogen and oxygen atoms in total. The van der Waals surface area contributed by atoms with Gasteiger partial charge in [0.15, 0.2) is 0 Å². The molecule has 3 N–H and O–H groups in total. The van der Waals surface area contributed by atoms with E-state index < -0.39 is 11.8 Å². The topological polar surface area (TPSA) is 107 Å². The lowest BCUT2D eigenvalue weighted by atomic mass is 10.1. The van der Waals surface area contributed by atoms with Gasteiger partial charge in [0.2, 0.25) is 5.91 Å². The molecular weight excluding hydrogens is 465 g/mol. The zero-order valence-electron chi connectivity index (χ0n) is 19.9. The van der Waals surface area contributed by atoms with Crippen molar-refractivity contribution in [3.8, 4) is 0 Å². The first-order valence-corrected chi connectivity index (χ1v) is 11.6. The third-order valence-electron chi connectivity index (χ3n) is 5.92. The third kappa shape index (κ3) is 6.48. The molecule has 1 saturated heterocycles. The van der Waals surface area contributed by atoms with E-state index in [-0.39, 0.29) is 24.3 Å². The van der Waals surface area contributed by atoms with Crippen molar-refractivity contribution in [2.45, 2.75) is 13.0 Å². The molecule has 0 aliphatic carbocycles. The van der Waals surface area contributed by atoms with Crippen LogP contribution in [0.3, 0.4) is 0 Å². The van der Waals surface area contributed by atoms with E-state index >= 15 is 0 Å². The number of carbonyl (C=O) groups is 3. The normalized spacial score (nSPS) is 14.7. The number of nitrogens with zero attached hydrogens (tertiary/aromatic N) is 2. The summed E-state index contributed by atoms with van der Waals surface area (Å²) in [5, 5.41) is 7.88. The Bertz CT molecular complexity index is 1190. The molecule has 3 aromatic rings. The molecule has 1 atom stereocenters. The largest absolute Gasteiger partial charge is 0.468 e. The molecule has 1 aromatic heterocycles. The number of benzene rings is 2. The minimum atomic E-state index is -0.811. The molecule has 2 heterocycles. The molecule has 2 aromatic carbocycles. The second kappa shape index (κ2) is 11.5. The van der Waals surface area contributed by atoms with E-state index in [0.29, 0.717) is 30.2 Å². The lowest BCUT2D eigenvalue weighted by Gasteiger charge is -2.39. The van der Waals surface area contributed by atoms with Gasteiger partial charge in [0.25, 0.3) is 0 Å². The number of nitrogens with one attached hydrogen (secondary N) is 3. The summed E-state index contributed by atoms with van der Waals surface area (Å²) in [5.41, 5.74) is 1.86. The highest BCUT2D eigenvalue weighted by Gasteiger charge is 2.28. The summed E-state index contributed by atoms with van der Waals surface area (Å²) in [4.78, 5) is 40.6. The number of hydrogen-bond donors (Lipinski definition) is 3. The van der Waals surface area contributed by atoms with Crippen molar-refractivity contribution >= 4 is 34.8 Å². The Labute approximate surface area is 208 Å². The number of carbonyl (C=O) groups excluding carboxylic acids is 3. The van der Waals surface area contributed by atoms with E-state index in [1.165, 1.54) is 19.1 Å². The van der Waals surface area contributed by atoms with Crippen LogP contribution in [0, 0.1) is 5.82 Å². The van der Waals surface area contributed by atoms with Gasteiger partial charge in [-0.3, -0.25) is 19.3 Å². The maximum absolute atomic E-state index is 13.3. The Morgan fingerprint density at radius 3 is 2.25 bits per heavy atom. The number of rotatable bonds is 7. The Morgan fingerprint density at radius 2 is 1.61 bits per heavy atom. The first-order chi connectivity index (χ1) is 17.4. The number of anilines is 3. The standard InChI is InChI=1S/C26H28FN5O4/c1-18(33)29-20-4-2-5-21(16-20)30-26(35)25(34)28-17-23(24-6-3-15-36-24)32-13-11-31(12-14-32)22-9-7-19(27)8-10-22/h2-10,15-16,23H,11-14,17H2,1H3,(H,28,34)(H,29,33)(H,30,35). The minimum Gasteiger partial charge on any atom is -0.468 e. The van der Waals surface area contributed by atoms with Gasteiger partial charge < -0.3 is 25.3 Å². The SMILES string of the molecule is CC(=O)Nc1cccc(NC(=O)C(=O)NCC(c2ccco2)N2CCN(c3ccc(F)cc3)CC2)c1. The highest BCUT2D eigenvalue weighted by Crippen LogP contribution is 2.24. The zero-order valence-corrected chi connectivity index (χ0v) is 19.9. The van der Waals surface area contributed by atoms with Gasteiger partial charge in [-0.15, -0.1) is 0 Å². The Hall–Kier alpha value is -4.18. The average Bonchev–Trinajstić information content (AvgIpc) is 3.39. The van der Waals surface area contributed by atoms with Crippen molar-refractivity contribution in [2.24, 2.45) is 0 Å². The van der Waals surface area contributed by atoms with E-state index in [0.717, 1.165) is 18.8 Å². The number of hydrogen-bond acceptors (Lipinski definition) is 6. The molecule has 1 fully saturated rings. The van der Waals surface area contributed by atoms with Crippen LogP contribution < -0.4 is 20.9 Å². The fourth-order valence-corrected chi connectivity index (χ4v) is 4.17. The molecule has 1 unspecified atom stereocenters. The maximum atomic E-state index is 13.3. The summed E-state index contributed by atoms with van der Waals surface area (Å²) >= 11 is 0. The second-order valence-electron chi connectivity index (χ2n) is 8.46. The first-order valence-electron chi connectivity index (χ1n) is 11.6. The van der Waals surface area contributed by atoms with Crippen molar-refractivity contribution in [3.05, 3.63) is 78.5 Å². The highest BCUT2D eigenvalue weighted by molar-refractivity contribution is 6.39. The molecule has 4 rings (SSSR count). The Morgan fingerprint density at radius 1 is 0.917 bits per heavy atom. The summed E-state index contributed by atoms with van der Waals surface area (Å²) in [6, 6.07) is 16.3. The zero-order chi connectivity index (χ0) is 25.5. The van der Waals surface area contributed by atoms with Crippen LogP contribution in [-0.2, 0) is 14.4 Å². The number of furan rings is 1. The van der Waals surface area contributed by atoms with Crippen LogP contribution in [0.5, 0.6) is 0 Å². The number of halogens is 1. The first kappa shape index (κ1) is 24.9. The van der Waals surface area contributed by atoms with Gasteiger partial charge in [0, 0.05) is 56.7 Å². The lowest BCUT2D eigenvalue weighted by molar-refractivity contribution is -0.136. The van der Waals surface area contributed by atoms with Crippen LogP contribution >= 0.6 is 0 Å². The Kier molecular flexibility index (Phi) is 7.96. The predicted molar refractivity (Wildman–Crippen MR) is 134 cm³/mol. The van der Waals surface area contributed by atoms with Gasteiger partial charge in [-0.1, -0.05) is 6.07 Å². The van der Waals surface area contributed by atoms with Crippen LogP contribution in [0.4, 0.5) is 21.5 Å². The van der Waals surface area contributed by atoms with Crippen molar-refractivity contribution in [1.29, 1.82) is 0 Å². The van der Waals surface area contributed by atoms with E-state index in [1.54, 1.807) is 48.7 Å². The van der Waals surface area contributed by atoms with E-state index in [2.05, 4.69) is 25.8 Å². The lowest BCUT2D eigenvalue weighted by Crippen LogP contribution is -2.50. The van der Waals surface area contributed by atoms with Gasteiger partial charge in [-0.2, -0.15) is 0 Å². The van der Waals surface area contributed by atoms with Crippen molar-refractivity contribution in [2.75, 3.05) is 48.3 Å². The van der Waals surface area contributed by atoms with E-state index in [4.69, 9.17) is 4.42 Å². The average molecular weight is 494 g/mol. The molecule has 0 spiro atoms. The van der Waals surface area contributed by atoms with Crippen molar-refractivity contribution in [3.63, 3.8) is 0 Å². The summed E-state index contributed by atoms with van der Waals surface area (Å²) < 4.78 is 18.9. The van der Waals surface area contributed by atoms with Gasteiger partial charge >= 0.3 is 11.8 Å². The maximum Gasteiger partial charge on any atom is 0.313 e. The molecule has 36 heavy (non-hydrogen) atoms. The molecule has 1 aliphatic heterocycles. The minimum absolute atomic E-state index is 0.183. The van der Waals surface area contributed by atoms with Crippen LogP contribution in [-0.4, -0.2) is 55.3 Å². The molecule has 188 valence electrons. The molecule has 1 aliphatic rings. The second-order valence-corrected chi connectivity index (χ2v) is 8.46. The summed E-state index contributed by atoms with van der Waals surface area (Å²) in [7, 11) is 0. The fourth-order valence-electron chi connectivity index (χ4n) is 4.17. The quantitative estimate of drug-likeness (QED) is 0.437. The van der Waals surface area contributed by atoms with Gasteiger partial charge in [0.1, 0.15) is 11.6 Å². The molecule has 0 saturated carbocycles. The molecule has 0 bridgehead atoms. The van der Waals surface area contributed by atoms with Crippen molar-refractivity contribution < 1.29 is 23.2 Å². The molecule has 10 heteroatoms. The highest BCUT2D eigenvalue weighted by atomic mass is 19.1. The van der Waals surface area contributed by atoms with Crippen LogP contribution in [0.25, 0.3) is 0 Å². The van der Waals surface area contributed by atoms with E-state index in [1.807, 2.05) is 6.07 Å². The summed E-state index contributed by atoms with van der Waals surface area (Å²) in [5.74, 6) is -1.40. The van der Waals surface area contributed by atoms with Crippen LogP contribution in [0.1, 0.15) is 18.7 Å².